The molecule has 4 rings (SSSR count). The zero-order chi connectivity index (χ0) is 15.8. The summed E-state index contributed by atoms with van der Waals surface area (Å²) >= 11 is 5.97. The number of hydrogen-bond acceptors (Lipinski definition) is 3. The third-order valence-electron chi connectivity index (χ3n) is 3.78. The number of anilines is 1. The Bertz CT molecular complexity index is 975. The molecule has 5 heteroatoms. The first-order valence-electron chi connectivity index (χ1n) is 7.18. The number of aromatic nitrogens is 3. The lowest BCUT2D eigenvalue weighted by molar-refractivity contribution is 1.11. The van der Waals surface area contributed by atoms with E-state index in [4.69, 9.17) is 17.3 Å². The maximum absolute atomic E-state index is 6.02. The molecule has 0 aliphatic heterocycles. The van der Waals surface area contributed by atoms with Crippen molar-refractivity contribution in [2.24, 2.45) is 0 Å². The van der Waals surface area contributed by atoms with E-state index < -0.39 is 0 Å². The number of fused-ring (bicyclic) bond motifs is 1. The van der Waals surface area contributed by atoms with Crippen molar-refractivity contribution in [3.05, 3.63) is 65.7 Å². The van der Waals surface area contributed by atoms with Crippen LogP contribution >= 0.6 is 11.6 Å². The minimum Gasteiger partial charge on any atom is -0.382 e. The topological polar surface area (TPSA) is 67.6 Å². The molecule has 2 aromatic heterocycles. The summed E-state index contributed by atoms with van der Waals surface area (Å²) in [5.41, 5.74) is 10.6. The maximum Gasteiger partial charge on any atom is 0.158 e. The van der Waals surface area contributed by atoms with Crippen LogP contribution in [-0.4, -0.2) is 15.2 Å². The molecule has 0 aliphatic carbocycles. The smallest absolute Gasteiger partial charge is 0.158 e. The Hall–Kier alpha value is -2.85. The summed E-state index contributed by atoms with van der Waals surface area (Å²) in [7, 11) is 0. The minimum atomic E-state index is 0.453. The van der Waals surface area contributed by atoms with Crippen molar-refractivity contribution in [2.75, 3.05) is 5.73 Å². The minimum absolute atomic E-state index is 0.453. The predicted molar refractivity (Wildman–Crippen MR) is 94.2 cm³/mol. The summed E-state index contributed by atoms with van der Waals surface area (Å²) in [6, 6.07) is 19.7. The van der Waals surface area contributed by atoms with Gasteiger partial charge in [-0.25, -0.2) is 4.98 Å². The van der Waals surface area contributed by atoms with E-state index in [-0.39, 0.29) is 0 Å². The zero-order valence-electron chi connectivity index (χ0n) is 12.1. The van der Waals surface area contributed by atoms with Crippen molar-refractivity contribution < 1.29 is 0 Å². The number of halogens is 1. The van der Waals surface area contributed by atoms with Gasteiger partial charge in [-0.1, -0.05) is 54.1 Å². The van der Waals surface area contributed by atoms with E-state index in [0.717, 1.165) is 27.8 Å². The van der Waals surface area contributed by atoms with E-state index in [1.165, 1.54) is 0 Å². The van der Waals surface area contributed by atoms with Crippen LogP contribution in [0.2, 0.25) is 5.02 Å². The molecule has 2 aromatic carbocycles. The number of rotatable bonds is 2. The summed E-state index contributed by atoms with van der Waals surface area (Å²) in [6.45, 7) is 0. The molecule has 3 N–H and O–H groups in total. The molecule has 23 heavy (non-hydrogen) atoms. The van der Waals surface area contributed by atoms with Gasteiger partial charge in [-0.05, 0) is 29.3 Å². The Kier molecular flexibility index (Phi) is 3.24. The molecule has 4 aromatic rings. The fraction of sp³-hybridized carbons (Fsp3) is 0. The van der Waals surface area contributed by atoms with Crippen LogP contribution < -0.4 is 5.73 Å². The summed E-state index contributed by atoms with van der Waals surface area (Å²) < 4.78 is 0. The second-order valence-electron chi connectivity index (χ2n) is 5.26. The molecule has 2 heterocycles. The Morgan fingerprint density at radius 3 is 2.39 bits per heavy atom. The van der Waals surface area contributed by atoms with E-state index >= 15 is 0 Å². The largest absolute Gasteiger partial charge is 0.382 e. The standard InChI is InChI=1S/C18H13ClN4/c19-13-8-6-12(7-9-13)15-10-14(11-4-2-1-3-5-11)16-17(20)22-23-18(16)21-15/h1-10H,(H3,20,21,22,23). The lowest BCUT2D eigenvalue weighted by atomic mass is 10.0. The van der Waals surface area contributed by atoms with Crippen LogP contribution in [0.15, 0.2) is 60.7 Å². The number of nitrogen functional groups attached to an aromatic ring is 1. The van der Waals surface area contributed by atoms with Crippen LogP contribution in [0.3, 0.4) is 0 Å². The molecule has 0 saturated heterocycles. The van der Waals surface area contributed by atoms with Gasteiger partial charge in [0.25, 0.3) is 0 Å². The maximum atomic E-state index is 6.02. The summed E-state index contributed by atoms with van der Waals surface area (Å²) in [5, 5.41) is 8.55. The third-order valence-corrected chi connectivity index (χ3v) is 4.03. The highest BCUT2D eigenvalue weighted by atomic mass is 35.5. The zero-order valence-corrected chi connectivity index (χ0v) is 12.9. The fourth-order valence-corrected chi connectivity index (χ4v) is 2.79. The van der Waals surface area contributed by atoms with E-state index in [0.29, 0.717) is 16.5 Å². The summed E-state index contributed by atoms with van der Waals surface area (Å²) in [6.07, 6.45) is 0. The van der Waals surface area contributed by atoms with Crippen LogP contribution in [0.5, 0.6) is 0 Å². The first kappa shape index (κ1) is 13.8. The van der Waals surface area contributed by atoms with Crippen LogP contribution in [-0.2, 0) is 0 Å². The average Bonchev–Trinajstić information content (AvgIpc) is 2.97. The molecule has 112 valence electrons. The van der Waals surface area contributed by atoms with Gasteiger partial charge in [-0.15, -0.1) is 0 Å². The highest BCUT2D eigenvalue weighted by molar-refractivity contribution is 6.30. The van der Waals surface area contributed by atoms with E-state index in [9.17, 15) is 0 Å². The number of benzene rings is 2. The van der Waals surface area contributed by atoms with Gasteiger partial charge >= 0.3 is 0 Å². The molecule has 0 radical (unpaired) electrons. The van der Waals surface area contributed by atoms with Crippen LogP contribution in [0.1, 0.15) is 0 Å². The lowest BCUT2D eigenvalue weighted by Crippen LogP contribution is -1.91. The van der Waals surface area contributed by atoms with Crippen LogP contribution in [0, 0.1) is 0 Å². The van der Waals surface area contributed by atoms with Crippen molar-refractivity contribution in [3.8, 4) is 22.4 Å². The van der Waals surface area contributed by atoms with Gasteiger partial charge in [0.05, 0.1) is 11.1 Å². The first-order chi connectivity index (χ1) is 11.2. The Morgan fingerprint density at radius 2 is 1.65 bits per heavy atom. The molecular formula is C18H13ClN4. The van der Waals surface area contributed by atoms with E-state index in [1.54, 1.807) is 0 Å². The summed E-state index contributed by atoms with van der Waals surface area (Å²) in [4.78, 5) is 4.64. The molecule has 0 unspecified atom stereocenters. The highest BCUT2D eigenvalue weighted by Crippen LogP contribution is 2.34. The van der Waals surface area contributed by atoms with E-state index in [1.807, 2.05) is 60.7 Å². The van der Waals surface area contributed by atoms with Crippen LogP contribution in [0.4, 0.5) is 5.82 Å². The van der Waals surface area contributed by atoms with Gasteiger partial charge in [-0.2, -0.15) is 5.10 Å². The Labute approximate surface area is 137 Å². The predicted octanol–water partition coefficient (Wildman–Crippen LogP) is 4.53. The van der Waals surface area contributed by atoms with Gasteiger partial charge in [0.1, 0.15) is 0 Å². The number of nitrogens with two attached hydrogens (primary N) is 1. The van der Waals surface area contributed by atoms with Gasteiger partial charge in [0.15, 0.2) is 11.5 Å². The molecule has 0 amide bonds. The number of nitrogens with one attached hydrogen (secondary N) is 1. The van der Waals surface area contributed by atoms with Gasteiger partial charge in [0, 0.05) is 10.6 Å². The fourth-order valence-electron chi connectivity index (χ4n) is 2.67. The van der Waals surface area contributed by atoms with Gasteiger partial charge in [-0.3, -0.25) is 5.10 Å². The number of pyridine rings is 1. The van der Waals surface area contributed by atoms with Gasteiger partial charge < -0.3 is 5.73 Å². The molecular weight excluding hydrogens is 308 g/mol. The Morgan fingerprint density at radius 1 is 0.913 bits per heavy atom. The van der Waals surface area contributed by atoms with Crippen molar-refractivity contribution in [3.63, 3.8) is 0 Å². The number of hydrogen-bond donors (Lipinski definition) is 2. The van der Waals surface area contributed by atoms with Gasteiger partial charge in [0.2, 0.25) is 0 Å². The van der Waals surface area contributed by atoms with Crippen molar-refractivity contribution >= 4 is 28.5 Å². The van der Waals surface area contributed by atoms with Crippen molar-refractivity contribution in [1.29, 1.82) is 0 Å². The SMILES string of the molecule is Nc1n[nH]c2nc(-c3ccc(Cl)cc3)cc(-c3ccccc3)c12. The molecule has 0 saturated carbocycles. The summed E-state index contributed by atoms with van der Waals surface area (Å²) in [5.74, 6) is 0.453. The number of H-pyrrole nitrogens is 1. The first-order valence-corrected chi connectivity index (χ1v) is 7.56. The molecule has 0 spiro atoms. The third kappa shape index (κ3) is 2.43. The Balaban J connectivity index is 2.00. The van der Waals surface area contributed by atoms with Crippen molar-refractivity contribution in [2.45, 2.75) is 0 Å². The lowest BCUT2D eigenvalue weighted by Gasteiger charge is -2.08. The molecule has 0 atom stereocenters. The second-order valence-corrected chi connectivity index (χ2v) is 5.70. The number of aromatic amines is 1. The van der Waals surface area contributed by atoms with Crippen LogP contribution in [0.25, 0.3) is 33.4 Å². The second kappa shape index (κ2) is 5.41. The number of nitrogens with zero attached hydrogens (tertiary/aromatic N) is 2. The quantitative estimate of drug-likeness (QED) is 0.570. The monoisotopic (exact) mass is 320 g/mol. The molecule has 4 nitrogen and oxygen atoms in total. The molecule has 0 bridgehead atoms. The van der Waals surface area contributed by atoms with E-state index in [2.05, 4.69) is 15.2 Å². The normalized spacial score (nSPS) is 11.0. The highest BCUT2D eigenvalue weighted by Gasteiger charge is 2.14. The molecule has 0 fully saturated rings. The average molecular weight is 321 g/mol. The molecule has 0 aliphatic rings. The van der Waals surface area contributed by atoms with Crippen molar-refractivity contribution in [1.82, 2.24) is 15.2 Å².